The zero-order valence-corrected chi connectivity index (χ0v) is 14.1. The van der Waals surface area contributed by atoms with Crippen LogP contribution >= 0.6 is 0 Å². The molecule has 0 saturated carbocycles. The van der Waals surface area contributed by atoms with Gasteiger partial charge in [0.15, 0.2) is 12.4 Å². The highest BCUT2D eigenvalue weighted by Gasteiger charge is 2.16. The molecule has 4 rings (SSSR count). The van der Waals surface area contributed by atoms with Crippen LogP contribution in [0.1, 0.15) is 24.0 Å². The smallest absolute Gasteiger partial charge is 0.177 e. The molecule has 0 atom stereocenters. The Balaban J connectivity index is 1.53. The van der Waals surface area contributed by atoms with E-state index in [9.17, 15) is 0 Å². The summed E-state index contributed by atoms with van der Waals surface area (Å²) in [4.78, 5) is 2.18. The van der Waals surface area contributed by atoms with Crippen molar-refractivity contribution in [2.75, 3.05) is 13.1 Å². The molecule has 1 aliphatic rings. The molecule has 0 unspecified atom stereocenters. The van der Waals surface area contributed by atoms with Gasteiger partial charge in [0.05, 0.1) is 10.9 Å². The zero-order chi connectivity index (χ0) is 16.5. The zero-order valence-electron chi connectivity index (χ0n) is 14.1. The number of pyridine rings is 1. The molecule has 1 saturated heterocycles. The van der Waals surface area contributed by atoms with E-state index >= 15 is 0 Å². The molecule has 0 aliphatic carbocycles. The van der Waals surface area contributed by atoms with Crippen LogP contribution < -0.4 is 4.57 Å². The van der Waals surface area contributed by atoms with E-state index in [1.807, 2.05) is 7.05 Å². The van der Waals surface area contributed by atoms with Crippen molar-refractivity contribution in [2.45, 2.75) is 19.4 Å². The number of aryl methyl sites for hydroxylation is 1. The fourth-order valence-electron chi connectivity index (χ4n) is 3.48. The molecule has 2 aromatic heterocycles. The van der Waals surface area contributed by atoms with Crippen molar-refractivity contribution in [3.05, 3.63) is 66.1 Å². The van der Waals surface area contributed by atoms with Gasteiger partial charge in [0.1, 0.15) is 12.9 Å². The summed E-state index contributed by atoms with van der Waals surface area (Å²) in [6.45, 7) is 2.90. The van der Waals surface area contributed by atoms with Crippen molar-refractivity contribution < 1.29 is 4.57 Å². The molecule has 3 heterocycles. The summed E-state index contributed by atoms with van der Waals surface area (Å²) in [6.07, 6.45) is 8.79. The van der Waals surface area contributed by atoms with Gasteiger partial charge in [0.25, 0.3) is 0 Å². The normalized spacial score (nSPS) is 14.5. The third-order valence-electron chi connectivity index (χ3n) is 4.85. The summed E-state index contributed by atoms with van der Waals surface area (Å²) < 4.78 is 4.35. The minimum atomic E-state index is 0.665. The number of hydrogen-bond acceptors (Lipinski definition) is 1. The van der Waals surface area contributed by atoms with E-state index in [2.05, 4.69) is 69.0 Å². The first kappa shape index (κ1) is 14.9. The Bertz CT molecular complexity index is 870. The Kier molecular flexibility index (Phi) is 3.81. The molecule has 0 amide bonds. The molecule has 1 N–H and O–H groups in total. The molecular weight excluding hydrogens is 296 g/mol. The number of amidine groups is 1. The van der Waals surface area contributed by atoms with Gasteiger partial charge in [0.2, 0.25) is 0 Å². The van der Waals surface area contributed by atoms with Gasteiger partial charge in [-0.25, -0.2) is 4.57 Å². The molecule has 122 valence electrons. The number of benzene rings is 1. The van der Waals surface area contributed by atoms with Crippen molar-refractivity contribution in [1.29, 1.82) is 5.41 Å². The van der Waals surface area contributed by atoms with Crippen molar-refractivity contribution in [2.24, 2.45) is 7.05 Å². The van der Waals surface area contributed by atoms with Crippen LogP contribution in [-0.2, 0) is 13.6 Å². The van der Waals surface area contributed by atoms with E-state index < -0.39 is 0 Å². The first-order chi connectivity index (χ1) is 11.7. The van der Waals surface area contributed by atoms with Crippen molar-refractivity contribution in [3.63, 3.8) is 0 Å². The monoisotopic (exact) mass is 319 g/mol. The summed E-state index contributed by atoms with van der Waals surface area (Å²) >= 11 is 0. The minimum Gasteiger partial charge on any atom is -0.357 e. The molecule has 4 nitrogen and oxygen atoms in total. The van der Waals surface area contributed by atoms with Crippen LogP contribution in [0.3, 0.4) is 0 Å². The molecule has 0 spiro atoms. The van der Waals surface area contributed by atoms with E-state index in [4.69, 9.17) is 5.41 Å². The van der Waals surface area contributed by atoms with Crippen LogP contribution in [0.2, 0.25) is 0 Å². The maximum absolute atomic E-state index is 8.34. The van der Waals surface area contributed by atoms with E-state index in [1.54, 1.807) is 0 Å². The highest BCUT2D eigenvalue weighted by Crippen LogP contribution is 2.17. The number of nitrogens with zero attached hydrogens (tertiary/aromatic N) is 3. The number of aromatic nitrogens is 2. The first-order valence-corrected chi connectivity index (χ1v) is 8.58. The topological polar surface area (TPSA) is 35.9 Å². The third kappa shape index (κ3) is 2.80. The second-order valence-corrected chi connectivity index (χ2v) is 6.63. The molecule has 1 aromatic carbocycles. The molecule has 3 aromatic rings. The van der Waals surface area contributed by atoms with Crippen molar-refractivity contribution in [1.82, 2.24) is 9.47 Å². The van der Waals surface area contributed by atoms with Crippen LogP contribution in [0, 0.1) is 5.41 Å². The van der Waals surface area contributed by atoms with Gasteiger partial charge in [-0.1, -0.05) is 24.3 Å². The molecule has 4 heteroatoms. The van der Waals surface area contributed by atoms with Crippen LogP contribution in [0.4, 0.5) is 0 Å². The standard InChI is InChI=1S/C20H23N4/c1-22-12-9-19-18(15-22)8-13-24(19)14-16-4-6-17(7-5-16)20(21)23-10-2-3-11-23/h4-9,12-13,15,21H,2-3,10-11,14H2,1H3/q+1. The minimum absolute atomic E-state index is 0.665. The molecule has 0 radical (unpaired) electrons. The molecule has 0 bridgehead atoms. The Morgan fingerprint density at radius 2 is 1.83 bits per heavy atom. The molecule has 24 heavy (non-hydrogen) atoms. The highest BCUT2D eigenvalue weighted by molar-refractivity contribution is 5.96. The largest absolute Gasteiger partial charge is 0.357 e. The number of likely N-dealkylation sites (tertiary alicyclic amines) is 1. The second-order valence-electron chi connectivity index (χ2n) is 6.63. The average molecular weight is 319 g/mol. The van der Waals surface area contributed by atoms with Gasteiger partial charge in [-0.05, 0) is 24.5 Å². The fraction of sp³-hybridized carbons (Fsp3) is 0.300. The van der Waals surface area contributed by atoms with E-state index in [-0.39, 0.29) is 0 Å². The summed E-state index contributed by atoms with van der Waals surface area (Å²) in [7, 11) is 2.05. The number of nitrogens with one attached hydrogen (secondary N) is 1. The van der Waals surface area contributed by atoms with Gasteiger partial charge < -0.3 is 9.47 Å². The predicted octanol–water partition coefficient (Wildman–Crippen LogP) is 2.94. The first-order valence-electron chi connectivity index (χ1n) is 8.58. The SMILES string of the molecule is C[n+]1ccc2c(ccn2Cc2ccc(C(=N)N3CCCC3)cc2)c1. The maximum Gasteiger partial charge on any atom is 0.177 e. The molecule has 1 fully saturated rings. The van der Waals surface area contributed by atoms with Crippen LogP contribution in [0.25, 0.3) is 10.9 Å². The van der Waals surface area contributed by atoms with Gasteiger partial charge in [0, 0.05) is 37.5 Å². The van der Waals surface area contributed by atoms with E-state index in [1.165, 1.54) is 29.3 Å². The number of rotatable bonds is 3. The number of fused-ring (bicyclic) bond motifs is 1. The molecular formula is C20H23N4+. The van der Waals surface area contributed by atoms with Gasteiger partial charge >= 0.3 is 0 Å². The Morgan fingerprint density at radius 1 is 1.08 bits per heavy atom. The lowest BCUT2D eigenvalue weighted by Crippen LogP contribution is -2.27. The molecule has 1 aliphatic heterocycles. The van der Waals surface area contributed by atoms with Crippen molar-refractivity contribution in [3.8, 4) is 0 Å². The summed E-state index contributed by atoms with van der Waals surface area (Å²) in [5.74, 6) is 0.665. The van der Waals surface area contributed by atoms with Crippen molar-refractivity contribution >= 4 is 16.7 Å². The number of hydrogen-bond donors (Lipinski definition) is 1. The van der Waals surface area contributed by atoms with Crippen LogP contribution in [0.5, 0.6) is 0 Å². The van der Waals surface area contributed by atoms with Gasteiger partial charge in [-0.3, -0.25) is 5.41 Å². The Morgan fingerprint density at radius 3 is 2.58 bits per heavy atom. The average Bonchev–Trinajstić information content (AvgIpc) is 3.25. The van der Waals surface area contributed by atoms with E-state index in [0.29, 0.717) is 5.84 Å². The predicted molar refractivity (Wildman–Crippen MR) is 96.3 cm³/mol. The fourth-order valence-corrected chi connectivity index (χ4v) is 3.48. The van der Waals surface area contributed by atoms with Crippen LogP contribution in [0.15, 0.2) is 55.0 Å². The quantitative estimate of drug-likeness (QED) is 0.450. The Hall–Kier alpha value is -2.62. The maximum atomic E-state index is 8.34. The lowest BCUT2D eigenvalue weighted by Gasteiger charge is -2.18. The highest BCUT2D eigenvalue weighted by atomic mass is 15.2. The third-order valence-corrected chi connectivity index (χ3v) is 4.85. The lowest BCUT2D eigenvalue weighted by molar-refractivity contribution is -0.670. The lowest BCUT2D eigenvalue weighted by atomic mass is 10.1. The second kappa shape index (κ2) is 6.11. The van der Waals surface area contributed by atoms with E-state index in [0.717, 1.165) is 25.2 Å². The summed E-state index contributed by atoms with van der Waals surface area (Å²) in [6, 6.07) is 12.8. The summed E-state index contributed by atoms with van der Waals surface area (Å²) in [5.41, 5.74) is 3.53. The van der Waals surface area contributed by atoms with Crippen LogP contribution in [-0.4, -0.2) is 28.4 Å². The van der Waals surface area contributed by atoms with Gasteiger partial charge in [-0.2, -0.15) is 0 Å². The van der Waals surface area contributed by atoms with Gasteiger partial charge in [-0.15, -0.1) is 0 Å². The summed E-state index contributed by atoms with van der Waals surface area (Å²) in [5, 5.41) is 9.60. The Labute approximate surface area is 142 Å².